The number of carbonyl (C=O) groups is 1. The standard InChI is InChI=1S/C25H21BrF3N7O2S/c26-19-8-3-5-16(11-19)14-38-21-10-2-1-6-17(21)13-31-33-23-34-35-24(36(23)30)39-15-22(37)32-20-9-4-7-18(12-20)25(27,28)29/h1-13H,14-15,30H2,(H,32,37)(H,33,34)/b31-13+. The van der Waals surface area contributed by atoms with Crippen molar-refractivity contribution in [1.29, 1.82) is 0 Å². The summed E-state index contributed by atoms with van der Waals surface area (Å²) in [4.78, 5) is 12.2. The van der Waals surface area contributed by atoms with E-state index in [1.54, 1.807) is 6.21 Å². The summed E-state index contributed by atoms with van der Waals surface area (Å²) >= 11 is 4.40. The monoisotopic (exact) mass is 619 g/mol. The van der Waals surface area contributed by atoms with Crippen LogP contribution < -0.4 is 21.3 Å². The zero-order valence-electron chi connectivity index (χ0n) is 20.0. The van der Waals surface area contributed by atoms with E-state index >= 15 is 0 Å². The third kappa shape index (κ3) is 7.97. The molecular weight excluding hydrogens is 599 g/mol. The van der Waals surface area contributed by atoms with Crippen LogP contribution in [0, 0.1) is 0 Å². The maximum Gasteiger partial charge on any atom is 0.416 e. The minimum Gasteiger partial charge on any atom is -0.488 e. The molecule has 1 aromatic heterocycles. The number of rotatable bonds is 10. The molecule has 0 saturated heterocycles. The zero-order chi connectivity index (χ0) is 27.8. The van der Waals surface area contributed by atoms with Gasteiger partial charge >= 0.3 is 6.18 Å². The number of aromatic nitrogens is 3. The van der Waals surface area contributed by atoms with Crippen LogP contribution in [-0.2, 0) is 17.6 Å². The number of halogens is 4. The first-order valence-electron chi connectivity index (χ1n) is 11.2. The van der Waals surface area contributed by atoms with Gasteiger partial charge in [-0.15, -0.1) is 10.2 Å². The number of hydrazone groups is 1. The van der Waals surface area contributed by atoms with Gasteiger partial charge in [0.1, 0.15) is 12.4 Å². The lowest BCUT2D eigenvalue weighted by molar-refractivity contribution is -0.137. The fourth-order valence-electron chi connectivity index (χ4n) is 3.22. The van der Waals surface area contributed by atoms with Crippen molar-refractivity contribution in [2.75, 3.05) is 22.3 Å². The van der Waals surface area contributed by atoms with Crippen LogP contribution in [0.3, 0.4) is 0 Å². The first-order chi connectivity index (χ1) is 18.7. The molecule has 0 bridgehead atoms. The van der Waals surface area contributed by atoms with Gasteiger partial charge in [-0.25, -0.2) is 10.1 Å². The first-order valence-corrected chi connectivity index (χ1v) is 13.0. The maximum absolute atomic E-state index is 12.9. The third-order valence-corrected chi connectivity index (χ3v) is 6.48. The topological polar surface area (TPSA) is 119 Å². The second-order valence-corrected chi connectivity index (χ2v) is 9.78. The zero-order valence-corrected chi connectivity index (χ0v) is 22.4. The molecule has 0 atom stereocenters. The number of alkyl halides is 3. The summed E-state index contributed by atoms with van der Waals surface area (Å²) in [6.07, 6.45) is -2.97. The van der Waals surface area contributed by atoms with Crippen molar-refractivity contribution in [3.05, 3.63) is 94.0 Å². The highest BCUT2D eigenvalue weighted by molar-refractivity contribution is 9.10. The van der Waals surface area contributed by atoms with E-state index in [1.165, 1.54) is 12.1 Å². The summed E-state index contributed by atoms with van der Waals surface area (Å²) in [6, 6.07) is 19.5. The fourth-order valence-corrected chi connectivity index (χ4v) is 4.32. The second-order valence-electron chi connectivity index (χ2n) is 7.92. The Labute approximate surface area is 233 Å². The number of anilines is 2. The lowest BCUT2D eigenvalue weighted by atomic mass is 10.2. The highest BCUT2D eigenvalue weighted by Gasteiger charge is 2.30. The molecule has 0 aliphatic heterocycles. The van der Waals surface area contributed by atoms with Crippen molar-refractivity contribution in [3.8, 4) is 5.75 Å². The van der Waals surface area contributed by atoms with E-state index in [2.05, 4.69) is 42.0 Å². The van der Waals surface area contributed by atoms with Crippen molar-refractivity contribution in [3.63, 3.8) is 0 Å². The first kappa shape index (κ1) is 28.0. The molecule has 3 aromatic carbocycles. The largest absolute Gasteiger partial charge is 0.488 e. The Morgan fingerprint density at radius 2 is 1.90 bits per heavy atom. The van der Waals surface area contributed by atoms with Crippen molar-refractivity contribution < 1.29 is 22.7 Å². The van der Waals surface area contributed by atoms with Crippen molar-refractivity contribution in [2.45, 2.75) is 17.9 Å². The van der Waals surface area contributed by atoms with Gasteiger partial charge in [0.25, 0.3) is 5.95 Å². The van der Waals surface area contributed by atoms with Crippen LogP contribution in [0.4, 0.5) is 24.8 Å². The molecule has 1 amide bonds. The molecule has 1 heterocycles. The molecule has 14 heteroatoms. The molecule has 4 N–H and O–H groups in total. The number of nitrogens with zero attached hydrogens (tertiary/aromatic N) is 4. The van der Waals surface area contributed by atoms with Crippen LogP contribution in [0.1, 0.15) is 16.7 Å². The smallest absolute Gasteiger partial charge is 0.416 e. The number of amides is 1. The number of para-hydroxylation sites is 1. The van der Waals surface area contributed by atoms with Gasteiger partial charge in [-0.2, -0.15) is 18.3 Å². The lowest BCUT2D eigenvalue weighted by Gasteiger charge is -2.10. The molecule has 0 fully saturated rings. The summed E-state index contributed by atoms with van der Waals surface area (Å²) in [5.41, 5.74) is 3.57. The van der Waals surface area contributed by atoms with Gasteiger partial charge in [-0.1, -0.05) is 58.0 Å². The third-order valence-electron chi connectivity index (χ3n) is 5.04. The van der Waals surface area contributed by atoms with Crippen LogP contribution >= 0.6 is 27.7 Å². The number of nitrogens with two attached hydrogens (primary N) is 1. The Morgan fingerprint density at radius 1 is 1.10 bits per heavy atom. The maximum atomic E-state index is 12.9. The van der Waals surface area contributed by atoms with Crippen LogP contribution in [0.15, 0.2) is 87.5 Å². The van der Waals surface area contributed by atoms with E-state index in [1.807, 2.05) is 48.5 Å². The fraction of sp³-hybridized carbons (Fsp3) is 0.120. The van der Waals surface area contributed by atoms with E-state index in [4.69, 9.17) is 10.6 Å². The number of benzene rings is 3. The number of thioether (sulfide) groups is 1. The minimum absolute atomic E-state index is 0.0298. The number of hydrogen-bond donors (Lipinski definition) is 3. The summed E-state index contributed by atoms with van der Waals surface area (Å²) in [6.45, 7) is 0.372. The van der Waals surface area contributed by atoms with Crippen LogP contribution in [0.5, 0.6) is 5.75 Å². The van der Waals surface area contributed by atoms with Gasteiger partial charge in [0, 0.05) is 15.7 Å². The Hall–Kier alpha value is -4.04. The van der Waals surface area contributed by atoms with E-state index < -0.39 is 17.6 Å². The summed E-state index contributed by atoms with van der Waals surface area (Å²) in [5, 5.41) is 14.6. The number of carbonyl (C=O) groups excluding carboxylic acids is 1. The summed E-state index contributed by atoms with van der Waals surface area (Å²) < 4.78 is 46.6. The summed E-state index contributed by atoms with van der Waals surface area (Å²) in [7, 11) is 0. The lowest BCUT2D eigenvalue weighted by Crippen LogP contribution is -2.17. The number of nitrogens with one attached hydrogen (secondary N) is 2. The van der Waals surface area contributed by atoms with Gasteiger partial charge in [-0.3, -0.25) is 4.79 Å². The quantitative estimate of drug-likeness (QED) is 0.0924. The van der Waals surface area contributed by atoms with Crippen molar-refractivity contribution >= 4 is 51.4 Å². The van der Waals surface area contributed by atoms with Gasteiger partial charge in [-0.05, 0) is 48.0 Å². The molecule has 0 saturated carbocycles. The number of ether oxygens (including phenoxy) is 1. The second kappa shape index (κ2) is 12.7. The number of hydrogen-bond acceptors (Lipinski definition) is 8. The van der Waals surface area contributed by atoms with E-state index in [-0.39, 0.29) is 22.5 Å². The Bertz CT molecular complexity index is 1480. The Morgan fingerprint density at radius 3 is 2.69 bits per heavy atom. The summed E-state index contributed by atoms with van der Waals surface area (Å²) in [5.74, 6) is 6.04. The average Bonchev–Trinajstić information content (AvgIpc) is 3.25. The van der Waals surface area contributed by atoms with Gasteiger partial charge in [0.15, 0.2) is 0 Å². The predicted molar refractivity (Wildman–Crippen MR) is 147 cm³/mol. The molecule has 0 unspecified atom stereocenters. The van der Waals surface area contributed by atoms with Crippen LogP contribution in [0.2, 0.25) is 0 Å². The van der Waals surface area contributed by atoms with Crippen molar-refractivity contribution in [1.82, 2.24) is 14.9 Å². The van der Waals surface area contributed by atoms with Gasteiger partial charge in [0.05, 0.1) is 17.5 Å². The number of nitrogen functional groups attached to an aromatic ring is 1. The van der Waals surface area contributed by atoms with E-state index in [0.29, 0.717) is 17.9 Å². The van der Waals surface area contributed by atoms with Crippen molar-refractivity contribution in [2.24, 2.45) is 5.10 Å². The molecule has 39 heavy (non-hydrogen) atoms. The molecule has 0 radical (unpaired) electrons. The van der Waals surface area contributed by atoms with Crippen LogP contribution in [0.25, 0.3) is 0 Å². The van der Waals surface area contributed by atoms with E-state index in [9.17, 15) is 18.0 Å². The molecule has 0 aliphatic rings. The Balaban J connectivity index is 1.31. The molecule has 4 rings (SSSR count). The predicted octanol–water partition coefficient (Wildman–Crippen LogP) is 5.53. The highest BCUT2D eigenvalue weighted by Crippen LogP contribution is 2.30. The van der Waals surface area contributed by atoms with Gasteiger partial charge < -0.3 is 15.9 Å². The molecule has 0 aliphatic carbocycles. The molecular formula is C25H21BrF3N7O2S. The molecule has 202 valence electrons. The molecule has 9 nitrogen and oxygen atoms in total. The van der Waals surface area contributed by atoms with Crippen LogP contribution in [-0.4, -0.2) is 32.7 Å². The normalized spacial score (nSPS) is 11.5. The molecule has 0 spiro atoms. The SMILES string of the molecule is Nn1c(N/N=C/c2ccccc2OCc2cccc(Br)c2)nnc1SCC(=O)Nc1cccc(C(F)(F)F)c1. The van der Waals surface area contributed by atoms with E-state index in [0.717, 1.165) is 38.6 Å². The minimum atomic E-state index is -4.51. The van der Waals surface area contributed by atoms with Gasteiger partial charge in [0.2, 0.25) is 11.1 Å². The molecule has 4 aromatic rings. The Kier molecular flexibility index (Phi) is 9.09. The highest BCUT2D eigenvalue weighted by atomic mass is 79.9. The average molecular weight is 620 g/mol.